The topological polar surface area (TPSA) is 24.7 Å². The highest BCUT2D eigenvalue weighted by molar-refractivity contribution is 9.11. The average Bonchev–Trinajstić information content (AvgIpc) is 2.70. The van der Waals surface area contributed by atoms with Gasteiger partial charge in [0.05, 0.1) is 18.4 Å². The van der Waals surface area contributed by atoms with Gasteiger partial charge in [0, 0.05) is 11.9 Å². The van der Waals surface area contributed by atoms with Gasteiger partial charge in [-0.2, -0.15) is 0 Å². The molecule has 70 valence electrons. The predicted molar refractivity (Wildman–Crippen MR) is 65.7 cm³/mol. The molecule has 0 aromatic carbocycles. The van der Waals surface area contributed by atoms with Gasteiger partial charge in [-0.15, -0.1) is 32.3 Å². The molecule has 0 bridgehead atoms. The standard InChI is InChI=1S/C8H3BrN2S3/c9-6-3-5-8(13-6)7-4(1-2-12-7)10-11-14-5/h1-3H. The normalized spacial score (nSPS) is 13.5. The third-order valence-corrected chi connectivity index (χ3v) is 5.32. The van der Waals surface area contributed by atoms with Crippen LogP contribution in [0.25, 0.3) is 9.75 Å². The molecule has 0 radical (unpaired) electrons. The first-order valence-corrected chi connectivity index (χ1v) is 7.06. The van der Waals surface area contributed by atoms with Gasteiger partial charge in [-0.1, -0.05) is 0 Å². The first-order valence-electron chi connectivity index (χ1n) is 3.80. The van der Waals surface area contributed by atoms with Crippen molar-refractivity contribution >= 4 is 56.2 Å². The summed E-state index contributed by atoms with van der Waals surface area (Å²) in [4.78, 5) is 3.69. The second-order valence-electron chi connectivity index (χ2n) is 2.65. The number of nitrogens with zero attached hydrogens (tertiary/aromatic N) is 2. The molecule has 0 saturated heterocycles. The van der Waals surface area contributed by atoms with Crippen LogP contribution in [0.2, 0.25) is 0 Å². The maximum atomic E-state index is 4.15. The molecule has 0 amide bonds. The minimum atomic E-state index is 0.982. The fourth-order valence-electron chi connectivity index (χ4n) is 1.23. The van der Waals surface area contributed by atoms with Crippen molar-refractivity contribution < 1.29 is 0 Å². The maximum Gasteiger partial charge on any atom is 0.106 e. The van der Waals surface area contributed by atoms with Crippen LogP contribution in [0.3, 0.4) is 0 Å². The number of hydrogen-bond donors (Lipinski definition) is 0. The van der Waals surface area contributed by atoms with Crippen LogP contribution in [-0.2, 0) is 0 Å². The first-order chi connectivity index (χ1) is 6.84. The predicted octanol–water partition coefficient (Wildman–Crippen LogP) is 5.34. The molecule has 6 heteroatoms. The second-order valence-corrected chi connectivity index (χ2v) is 6.79. The lowest BCUT2D eigenvalue weighted by Gasteiger charge is -1.92. The zero-order valence-corrected chi connectivity index (χ0v) is 10.8. The third kappa shape index (κ3) is 1.37. The van der Waals surface area contributed by atoms with Gasteiger partial charge in [0.2, 0.25) is 0 Å². The van der Waals surface area contributed by atoms with Crippen LogP contribution >= 0.6 is 50.6 Å². The molecule has 3 heterocycles. The molecular weight excluding hydrogens is 300 g/mol. The van der Waals surface area contributed by atoms with Crippen LogP contribution in [0.1, 0.15) is 0 Å². The molecule has 0 atom stereocenters. The van der Waals surface area contributed by atoms with E-state index in [1.54, 1.807) is 22.7 Å². The number of halogens is 1. The Balaban J connectivity index is 2.32. The van der Waals surface area contributed by atoms with Crippen molar-refractivity contribution in [2.24, 2.45) is 9.63 Å². The molecule has 0 fully saturated rings. The lowest BCUT2D eigenvalue weighted by atomic mass is 10.3. The Morgan fingerprint density at radius 2 is 2.21 bits per heavy atom. The summed E-state index contributed by atoms with van der Waals surface area (Å²) in [6, 6.07) is 4.10. The Kier molecular flexibility index (Phi) is 2.24. The quantitative estimate of drug-likeness (QED) is 0.603. The Morgan fingerprint density at radius 3 is 3.14 bits per heavy atom. The summed E-state index contributed by atoms with van der Waals surface area (Å²) in [5.41, 5.74) is 0.982. The molecule has 0 aliphatic carbocycles. The Bertz CT molecular complexity index is 514. The van der Waals surface area contributed by atoms with Crippen molar-refractivity contribution in [3.8, 4) is 9.75 Å². The average molecular weight is 303 g/mol. The second kappa shape index (κ2) is 3.44. The smallest absolute Gasteiger partial charge is 0.106 e. The summed E-state index contributed by atoms with van der Waals surface area (Å²) < 4.78 is 5.22. The van der Waals surface area contributed by atoms with E-state index in [2.05, 4.69) is 37.0 Å². The summed E-state index contributed by atoms with van der Waals surface area (Å²) in [6.07, 6.45) is 0. The molecule has 0 saturated carbocycles. The van der Waals surface area contributed by atoms with Crippen LogP contribution in [-0.4, -0.2) is 0 Å². The molecule has 1 aliphatic rings. The Labute approximate surface area is 101 Å². The number of rotatable bonds is 0. The van der Waals surface area contributed by atoms with Gasteiger partial charge < -0.3 is 0 Å². The molecule has 3 rings (SSSR count). The van der Waals surface area contributed by atoms with Gasteiger partial charge in [0.15, 0.2) is 0 Å². The van der Waals surface area contributed by atoms with E-state index in [-0.39, 0.29) is 0 Å². The van der Waals surface area contributed by atoms with Crippen LogP contribution in [0.15, 0.2) is 35.8 Å². The maximum absolute atomic E-state index is 4.15. The van der Waals surface area contributed by atoms with Crippen molar-refractivity contribution in [1.82, 2.24) is 0 Å². The molecule has 2 nitrogen and oxygen atoms in total. The van der Waals surface area contributed by atoms with Gasteiger partial charge in [-0.25, -0.2) is 0 Å². The van der Waals surface area contributed by atoms with Gasteiger partial charge in [-0.3, -0.25) is 0 Å². The third-order valence-electron chi connectivity index (χ3n) is 1.81. The van der Waals surface area contributed by atoms with Crippen molar-refractivity contribution in [3.05, 3.63) is 21.3 Å². The molecular formula is C8H3BrN2S3. The number of fused-ring (bicyclic) bond motifs is 3. The number of thiophene rings is 2. The van der Waals surface area contributed by atoms with Crippen molar-refractivity contribution in [2.45, 2.75) is 4.90 Å². The highest BCUT2D eigenvalue weighted by Gasteiger charge is 2.17. The summed E-state index contributed by atoms with van der Waals surface area (Å²) in [5, 5.41) is 6.21. The fourth-order valence-corrected chi connectivity index (χ4v) is 4.82. The minimum absolute atomic E-state index is 0.982. The van der Waals surface area contributed by atoms with E-state index >= 15 is 0 Å². The van der Waals surface area contributed by atoms with Crippen molar-refractivity contribution in [2.75, 3.05) is 0 Å². The van der Waals surface area contributed by atoms with E-state index in [1.807, 2.05) is 6.07 Å². The fraction of sp³-hybridized carbons (Fsp3) is 0. The largest absolute Gasteiger partial charge is 0.142 e. The Morgan fingerprint density at radius 1 is 1.29 bits per heavy atom. The first kappa shape index (κ1) is 9.08. The zero-order chi connectivity index (χ0) is 9.54. The van der Waals surface area contributed by atoms with Crippen LogP contribution in [0, 0.1) is 0 Å². The summed E-state index contributed by atoms with van der Waals surface area (Å²) >= 11 is 8.39. The summed E-state index contributed by atoms with van der Waals surface area (Å²) in [7, 11) is 0. The monoisotopic (exact) mass is 302 g/mol. The van der Waals surface area contributed by atoms with Gasteiger partial charge in [0.25, 0.3) is 0 Å². The molecule has 1 aliphatic heterocycles. The van der Waals surface area contributed by atoms with Crippen LogP contribution < -0.4 is 0 Å². The van der Waals surface area contributed by atoms with E-state index < -0.39 is 0 Å². The van der Waals surface area contributed by atoms with Gasteiger partial charge in [-0.05, 0) is 33.4 Å². The highest BCUT2D eigenvalue weighted by atomic mass is 79.9. The minimum Gasteiger partial charge on any atom is -0.142 e. The molecule has 2 aromatic heterocycles. The molecule has 0 unspecified atom stereocenters. The SMILES string of the molecule is Brc1cc2c(s1)-c1sccc1N=NS2. The lowest BCUT2D eigenvalue weighted by Crippen LogP contribution is -1.64. The van der Waals surface area contributed by atoms with E-state index in [9.17, 15) is 0 Å². The molecule has 0 N–H and O–H groups in total. The van der Waals surface area contributed by atoms with Crippen LogP contribution in [0.5, 0.6) is 0 Å². The number of hydrogen-bond acceptors (Lipinski definition) is 5. The Hall–Kier alpha value is -0.170. The van der Waals surface area contributed by atoms with Crippen LogP contribution in [0.4, 0.5) is 5.69 Å². The molecule has 0 spiro atoms. The molecule has 14 heavy (non-hydrogen) atoms. The lowest BCUT2D eigenvalue weighted by molar-refractivity contribution is 1.36. The highest BCUT2D eigenvalue weighted by Crippen LogP contribution is 2.49. The van der Waals surface area contributed by atoms with Crippen molar-refractivity contribution in [3.63, 3.8) is 0 Å². The van der Waals surface area contributed by atoms with E-state index in [0.29, 0.717) is 0 Å². The summed E-state index contributed by atoms with van der Waals surface area (Å²) in [5.74, 6) is 0. The summed E-state index contributed by atoms with van der Waals surface area (Å²) in [6.45, 7) is 0. The van der Waals surface area contributed by atoms with E-state index in [1.165, 1.54) is 26.6 Å². The van der Waals surface area contributed by atoms with Gasteiger partial charge >= 0.3 is 0 Å². The van der Waals surface area contributed by atoms with Crippen molar-refractivity contribution in [1.29, 1.82) is 0 Å². The van der Waals surface area contributed by atoms with E-state index in [0.717, 1.165) is 9.47 Å². The van der Waals surface area contributed by atoms with E-state index in [4.69, 9.17) is 0 Å². The zero-order valence-electron chi connectivity index (χ0n) is 6.73. The van der Waals surface area contributed by atoms with Gasteiger partial charge in [0.1, 0.15) is 5.69 Å². The molecule has 2 aromatic rings.